The van der Waals surface area contributed by atoms with Crippen LogP contribution >= 0.6 is 0 Å². The van der Waals surface area contributed by atoms with Crippen LogP contribution in [0.3, 0.4) is 0 Å². The Morgan fingerprint density at radius 3 is 2.44 bits per heavy atom. The van der Waals surface area contributed by atoms with Gasteiger partial charge in [0.25, 0.3) is 5.82 Å². The van der Waals surface area contributed by atoms with Crippen LogP contribution in [0.4, 0.5) is 5.82 Å². The summed E-state index contributed by atoms with van der Waals surface area (Å²) >= 11 is 0. The van der Waals surface area contributed by atoms with Gasteiger partial charge in [0.2, 0.25) is 0 Å². The molecule has 0 N–H and O–H groups in total. The number of fused-ring (bicyclic) bond motifs is 3. The summed E-state index contributed by atoms with van der Waals surface area (Å²) in [6.07, 6.45) is 13.4. The van der Waals surface area contributed by atoms with Crippen molar-refractivity contribution in [3.05, 3.63) is 52.9 Å². The van der Waals surface area contributed by atoms with Crippen molar-refractivity contribution in [1.29, 1.82) is 0 Å². The number of hydrogen-bond acceptors (Lipinski definition) is 2. The first-order valence-electron chi connectivity index (χ1n) is 13.6. The van der Waals surface area contributed by atoms with E-state index in [1.807, 2.05) is 0 Å². The summed E-state index contributed by atoms with van der Waals surface area (Å²) in [6.45, 7) is 21.3. The Morgan fingerprint density at radius 2 is 1.82 bits per heavy atom. The largest absolute Gasteiger partial charge is 0.288 e. The number of rotatable bonds is 5. The van der Waals surface area contributed by atoms with Crippen LogP contribution in [0.5, 0.6) is 0 Å². The first-order chi connectivity index (χ1) is 16.0. The molecule has 5 rings (SSSR count). The van der Waals surface area contributed by atoms with Gasteiger partial charge in [0.15, 0.2) is 12.1 Å². The highest BCUT2D eigenvalue weighted by molar-refractivity contribution is 5.95. The highest BCUT2D eigenvalue weighted by Crippen LogP contribution is 2.57. The molecule has 0 fully saturated rings. The molecule has 3 nitrogen and oxygen atoms in total. The van der Waals surface area contributed by atoms with E-state index < -0.39 is 0 Å². The molecular weight excluding hydrogens is 414 g/mol. The van der Waals surface area contributed by atoms with Gasteiger partial charge >= 0.3 is 0 Å². The lowest BCUT2D eigenvalue weighted by Crippen LogP contribution is -2.63. The van der Waals surface area contributed by atoms with Crippen molar-refractivity contribution in [2.24, 2.45) is 0 Å². The predicted molar refractivity (Wildman–Crippen MR) is 144 cm³/mol. The van der Waals surface area contributed by atoms with Crippen molar-refractivity contribution < 1.29 is 4.57 Å². The fourth-order valence-corrected chi connectivity index (χ4v) is 6.99. The number of hydrogen-bond donors (Lipinski definition) is 0. The zero-order chi connectivity index (χ0) is 24.6. The van der Waals surface area contributed by atoms with Crippen LogP contribution in [-0.2, 0) is 10.8 Å². The Hall–Kier alpha value is -2.16. The summed E-state index contributed by atoms with van der Waals surface area (Å²) in [5.41, 5.74) is 6.97. The molecule has 2 aliphatic heterocycles. The second-order valence-electron chi connectivity index (χ2n) is 12.4. The minimum absolute atomic E-state index is 0.0201. The number of allylic oxidation sites excluding steroid dienone is 2. The first kappa shape index (κ1) is 23.6. The van der Waals surface area contributed by atoms with E-state index in [1.54, 1.807) is 5.57 Å². The van der Waals surface area contributed by atoms with Crippen molar-refractivity contribution in [3.8, 4) is 0 Å². The SMILES string of the molecule is CCCCC1=CC2C(C=C1C)N1c3c4c(cc(C(C)(C)C)nc4cc[n+]32)C(C)(CC)C1(C)CC. The average Bonchev–Trinajstić information content (AvgIpc) is 3.13. The monoisotopic (exact) mass is 458 g/mol. The van der Waals surface area contributed by atoms with Crippen LogP contribution < -0.4 is 9.47 Å². The number of unbranched alkanes of at least 4 members (excludes halogenated alkanes) is 1. The van der Waals surface area contributed by atoms with Crippen molar-refractivity contribution in [1.82, 2.24) is 4.98 Å². The third-order valence-electron chi connectivity index (χ3n) is 9.68. The highest BCUT2D eigenvalue weighted by Gasteiger charge is 2.64. The lowest BCUT2D eigenvalue weighted by atomic mass is 9.60. The average molecular weight is 459 g/mol. The second-order valence-corrected chi connectivity index (χ2v) is 12.4. The molecule has 0 saturated carbocycles. The fraction of sp³-hybridized carbons (Fsp3) is 0.613. The van der Waals surface area contributed by atoms with Crippen molar-refractivity contribution in [2.45, 2.75) is 123 Å². The normalized spacial score (nSPS) is 29.9. The third-order valence-corrected chi connectivity index (χ3v) is 9.68. The summed E-state index contributed by atoms with van der Waals surface area (Å²) in [5.74, 6) is 1.39. The van der Waals surface area contributed by atoms with E-state index in [4.69, 9.17) is 4.98 Å². The molecule has 0 saturated heterocycles. The molecule has 0 spiro atoms. The highest BCUT2D eigenvalue weighted by atomic mass is 15.4. The van der Waals surface area contributed by atoms with E-state index in [9.17, 15) is 0 Å². The Balaban J connectivity index is 1.84. The molecule has 0 amide bonds. The smallest absolute Gasteiger partial charge is 0.252 e. The molecule has 34 heavy (non-hydrogen) atoms. The number of aromatic nitrogens is 2. The molecular formula is C31H44N3+. The van der Waals surface area contributed by atoms with E-state index in [1.165, 1.54) is 47.3 Å². The fourth-order valence-electron chi connectivity index (χ4n) is 6.99. The molecule has 4 heterocycles. The van der Waals surface area contributed by atoms with Crippen LogP contribution in [0, 0.1) is 0 Å². The Bertz CT molecular complexity index is 1210. The summed E-state index contributed by atoms with van der Waals surface area (Å²) in [6, 6.07) is 5.47. The zero-order valence-electron chi connectivity index (χ0n) is 22.9. The van der Waals surface area contributed by atoms with E-state index >= 15 is 0 Å². The van der Waals surface area contributed by atoms with E-state index in [0.29, 0.717) is 12.1 Å². The molecule has 4 unspecified atom stereocenters. The predicted octanol–water partition coefficient (Wildman–Crippen LogP) is 7.48. The molecule has 182 valence electrons. The van der Waals surface area contributed by atoms with Gasteiger partial charge in [-0.1, -0.05) is 54.9 Å². The minimum Gasteiger partial charge on any atom is -0.252 e. The van der Waals surface area contributed by atoms with E-state index in [0.717, 1.165) is 18.4 Å². The van der Waals surface area contributed by atoms with Gasteiger partial charge in [0.1, 0.15) is 5.54 Å². The maximum Gasteiger partial charge on any atom is 0.288 e. The van der Waals surface area contributed by atoms with Gasteiger partial charge in [-0.25, -0.2) is 9.47 Å². The molecule has 4 atom stereocenters. The van der Waals surface area contributed by atoms with Gasteiger partial charge in [0.05, 0.1) is 17.1 Å². The number of nitrogens with zero attached hydrogens (tertiary/aromatic N) is 3. The molecule has 1 aliphatic carbocycles. The zero-order valence-corrected chi connectivity index (χ0v) is 22.9. The van der Waals surface area contributed by atoms with Crippen LogP contribution in [0.25, 0.3) is 10.9 Å². The molecule has 2 aromatic heterocycles. The summed E-state index contributed by atoms with van der Waals surface area (Å²) in [7, 11) is 0. The van der Waals surface area contributed by atoms with Gasteiger partial charge in [-0.05, 0) is 74.5 Å². The van der Waals surface area contributed by atoms with Crippen LogP contribution in [0.2, 0.25) is 0 Å². The maximum absolute atomic E-state index is 5.24. The second kappa shape index (κ2) is 7.67. The van der Waals surface area contributed by atoms with Crippen LogP contribution in [0.15, 0.2) is 41.6 Å². The van der Waals surface area contributed by atoms with E-state index in [-0.39, 0.29) is 16.4 Å². The molecule has 0 bridgehead atoms. The Labute approximate surface area is 207 Å². The lowest BCUT2D eigenvalue weighted by Gasteiger charge is -2.52. The summed E-state index contributed by atoms with van der Waals surface area (Å²) in [4.78, 5) is 8.05. The van der Waals surface area contributed by atoms with Gasteiger partial charge in [-0.2, -0.15) is 0 Å². The first-order valence-corrected chi connectivity index (χ1v) is 13.6. The summed E-state index contributed by atoms with van der Waals surface area (Å²) in [5, 5.41) is 1.38. The van der Waals surface area contributed by atoms with Crippen molar-refractivity contribution in [2.75, 3.05) is 4.90 Å². The topological polar surface area (TPSA) is 20.0 Å². The van der Waals surface area contributed by atoms with E-state index in [2.05, 4.69) is 102 Å². The van der Waals surface area contributed by atoms with Gasteiger partial charge in [0, 0.05) is 22.6 Å². The molecule has 2 aromatic rings. The maximum atomic E-state index is 5.24. The molecule has 0 radical (unpaired) electrons. The van der Waals surface area contributed by atoms with Crippen molar-refractivity contribution >= 4 is 16.7 Å². The Morgan fingerprint density at radius 1 is 1.09 bits per heavy atom. The van der Waals surface area contributed by atoms with Gasteiger partial charge < -0.3 is 0 Å². The standard InChI is InChI=1S/C31H44N3/c1-10-13-14-21-18-24-25(17-20(21)4)34-28-27-22(30(8,11-2)31(34,9)12-3)19-26(29(5,6)7)32-23(27)15-16-33(24)28/h15-19,24-25H,10-14H2,1-9H3/q+1. The van der Waals surface area contributed by atoms with Crippen LogP contribution in [-0.4, -0.2) is 16.6 Å². The Kier molecular flexibility index (Phi) is 5.32. The quantitative estimate of drug-likeness (QED) is 0.433. The van der Waals surface area contributed by atoms with Gasteiger partial charge in [-0.3, -0.25) is 4.98 Å². The minimum atomic E-state index is 0.0201. The molecule has 3 heteroatoms. The number of pyridine rings is 2. The third kappa shape index (κ3) is 2.94. The van der Waals surface area contributed by atoms with Crippen LogP contribution in [0.1, 0.15) is 112 Å². The molecule has 3 aliphatic rings. The lowest BCUT2D eigenvalue weighted by molar-refractivity contribution is -0.688. The molecule has 0 aromatic carbocycles. The van der Waals surface area contributed by atoms with Gasteiger partial charge in [-0.15, -0.1) is 0 Å². The summed E-state index contributed by atoms with van der Waals surface area (Å²) < 4.78 is 2.58. The van der Waals surface area contributed by atoms with Crippen molar-refractivity contribution in [3.63, 3.8) is 0 Å². The number of anilines is 1.